The van der Waals surface area contributed by atoms with Crippen molar-refractivity contribution in [2.75, 3.05) is 18.9 Å². The molecule has 0 aliphatic carbocycles. The first kappa shape index (κ1) is 21.8. The van der Waals surface area contributed by atoms with E-state index in [0.29, 0.717) is 24.2 Å². The Bertz CT molecular complexity index is 1150. The summed E-state index contributed by atoms with van der Waals surface area (Å²) in [7, 11) is 0. The number of benzene rings is 1. The molecule has 2 aliphatic rings. The number of ether oxygens (including phenoxy) is 1. The predicted molar refractivity (Wildman–Crippen MR) is 117 cm³/mol. The van der Waals surface area contributed by atoms with Crippen LogP contribution >= 0.6 is 6.72 Å². The van der Waals surface area contributed by atoms with Gasteiger partial charge in [-0.15, -0.1) is 0 Å². The summed E-state index contributed by atoms with van der Waals surface area (Å²) < 4.78 is 24.8. The van der Waals surface area contributed by atoms with Gasteiger partial charge in [0.15, 0.2) is 17.7 Å². The molecule has 2 aromatic heterocycles. The van der Waals surface area contributed by atoms with Gasteiger partial charge in [0.05, 0.1) is 25.6 Å². The van der Waals surface area contributed by atoms with Gasteiger partial charge in [-0.2, -0.15) is 0 Å². The van der Waals surface area contributed by atoms with Crippen LogP contribution < -0.4 is 5.73 Å². The summed E-state index contributed by atoms with van der Waals surface area (Å²) in [6.45, 7) is -2.77. The second-order valence-corrected chi connectivity index (χ2v) is 10.5. The van der Waals surface area contributed by atoms with Crippen molar-refractivity contribution >= 4 is 35.5 Å². The molecule has 0 radical (unpaired) electrons. The second-order valence-electron chi connectivity index (χ2n) is 7.50. The second kappa shape index (κ2) is 8.73. The molecule has 32 heavy (non-hydrogen) atoms. The first-order chi connectivity index (χ1) is 15.5. The summed E-state index contributed by atoms with van der Waals surface area (Å²) in [5.41, 5.74) is 7.58. The van der Waals surface area contributed by atoms with E-state index in [9.17, 15) is 10.2 Å². The molecule has 0 saturated carbocycles. The number of hydrogen-bond acceptors (Lipinski definition) is 11. The highest BCUT2D eigenvalue weighted by Gasteiger charge is 2.45. The molecule has 170 valence electrons. The van der Waals surface area contributed by atoms with Crippen molar-refractivity contribution in [3.05, 3.63) is 48.5 Å². The molecule has 0 spiro atoms. The molecule has 2 aliphatic heterocycles. The Kier molecular flexibility index (Phi) is 5.95. The lowest BCUT2D eigenvalue weighted by molar-refractivity contribution is -0.0533. The Hall–Kier alpha value is -2.02. The van der Waals surface area contributed by atoms with E-state index in [4.69, 9.17) is 35.8 Å². The van der Waals surface area contributed by atoms with Crippen LogP contribution in [0.25, 0.3) is 11.2 Å². The summed E-state index contributed by atoms with van der Waals surface area (Å²) in [4.78, 5) is 12.2. The molecule has 3 aromatic rings. The smallest absolute Gasteiger partial charge is 0.327 e. The minimum Gasteiger partial charge on any atom is -0.387 e. The van der Waals surface area contributed by atoms with Crippen molar-refractivity contribution in [1.29, 1.82) is 0 Å². The Morgan fingerprint density at radius 2 is 2.00 bits per heavy atom. The maximum absolute atomic E-state index is 10.6. The Balaban J connectivity index is 1.28. The molecule has 2 saturated heterocycles. The third-order valence-corrected chi connectivity index (χ3v) is 7.82. The lowest BCUT2D eigenvalue weighted by Crippen LogP contribution is -2.34. The van der Waals surface area contributed by atoms with Crippen LogP contribution in [0.1, 0.15) is 24.3 Å². The van der Waals surface area contributed by atoms with Gasteiger partial charge in [-0.3, -0.25) is 4.57 Å². The highest BCUT2D eigenvalue weighted by molar-refractivity contribution is 8.07. The summed E-state index contributed by atoms with van der Waals surface area (Å²) in [6, 6.07) is 9.72. The van der Waals surface area contributed by atoms with Gasteiger partial charge in [0.2, 0.25) is 0 Å². The molecular weight excluding hydrogens is 457 g/mol. The highest BCUT2D eigenvalue weighted by atomic mass is 32.5. The predicted octanol–water partition coefficient (Wildman–Crippen LogP) is 1.45. The van der Waals surface area contributed by atoms with Crippen LogP contribution in [0, 0.1) is 0 Å². The molecule has 0 amide bonds. The quantitative estimate of drug-likeness (QED) is 0.457. The minimum absolute atomic E-state index is 0.114. The standard InChI is InChI=1S/C19H22N5O6PS/c20-17-14-18(22-9-21-17)24(10-23-14)19-16(26)15(25)13(29-19)8-28-31(32)27-7-6-12(30-31)11-4-2-1-3-5-11/h1-5,9-10,12-13,15-16,19,25-26H,6-8H2,(H2,20,21,22)/t12?,13-,15+,16?,19-,31?/m1/s1. The van der Waals surface area contributed by atoms with Gasteiger partial charge in [-0.1, -0.05) is 30.3 Å². The Morgan fingerprint density at radius 1 is 1.19 bits per heavy atom. The van der Waals surface area contributed by atoms with Crippen LogP contribution in [0.4, 0.5) is 5.82 Å². The topological polar surface area (TPSA) is 147 Å². The van der Waals surface area contributed by atoms with E-state index >= 15 is 0 Å². The summed E-state index contributed by atoms with van der Waals surface area (Å²) >= 11 is 5.52. The van der Waals surface area contributed by atoms with Crippen molar-refractivity contribution in [2.45, 2.75) is 37.1 Å². The molecule has 3 unspecified atom stereocenters. The number of aromatic nitrogens is 4. The molecule has 2 fully saturated rings. The van der Waals surface area contributed by atoms with E-state index in [1.165, 1.54) is 17.2 Å². The fourth-order valence-corrected chi connectivity index (χ4v) is 5.90. The first-order valence-corrected chi connectivity index (χ1v) is 12.6. The molecule has 4 N–H and O–H groups in total. The molecular formula is C19H22N5O6PS. The summed E-state index contributed by atoms with van der Waals surface area (Å²) in [6.07, 6.45) is -1.13. The zero-order valence-corrected chi connectivity index (χ0v) is 18.5. The number of nitrogens with two attached hydrogens (primary N) is 1. The molecule has 13 heteroatoms. The Labute approximate surface area is 188 Å². The van der Waals surface area contributed by atoms with Crippen LogP contribution in [0.2, 0.25) is 0 Å². The van der Waals surface area contributed by atoms with E-state index in [-0.39, 0.29) is 18.5 Å². The van der Waals surface area contributed by atoms with E-state index < -0.39 is 31.3 Å². The number of nitrogen functional groups attached to an aromatic ring is 1. The van der Waals surface area contributed by atoms with Crippen LogP contribution in [0.5, 0.6) is 0 Å². The average Bonchev–Trinajstić information content (AvgIpc) is 3.35. The fraction of sp³-hybridized carbons (Fsp3) is 0.421. The number of nitrogens with zero attached hydrogens (tertiary/aromatic N) is 4. The third-order valence-electron chi connectivity index (χ3n) is 5.45. The minimum atomic E-state index is -3.05. The summed E-state index contributed by atoms with van der Waals surface area (Å²) in [5, 5.41) is 21.1. The maximum Gasteiger partial charge on any atom is 0.327 e. The molecule has 4 heterocycles. The van der Waals surface area contributed by atoms with Crippen molar-refractivity contribution < 1.29 is 28.5 Å². The van der Waals surface area contributed by atoms with Crippen LogP contribution in [0.15, 0.2) is 43.0 Å². The van der Waals surface area contributed by atoms with Gasteiger partial charge in [0.1, 0.15) is 30.2 Å². The van der Waals surface area contributed by atoms with Crippen LogP contribution in [0.3, 0.4) is 0 Å². The average molecular weight is 479 g/mol. The molecule has 11 nitrogen and oxygen atoms in total. The largest absolute Gasteiger partial charge is 0.387 e. The van der Waals surface area contributed by atoms with Gasteiger partial charge in [0.25, 0.3) is 0 Å². The van der Waals surface area contributed by atoms with Crippen LogP contribution in [-0.2, 0) is 30.1 Å². The van der Waals surface area contributed by atoms with Gasteiger partial charge in [0, 0.05) is 6.42 Å². The number of aliphatic hydroxyl groups is 2. The number of imidazole rings is 1. The van der Waals surface area contributed by atoms with E-state index in [1.54, 1.807) is 0 Å². The Morgan fingerprint density at radius 3 is 2.81 bits per heavy atom. The molecule has 1 aromatic carbocycles. The lowest BCUT2D eigenvalue weighted by atomic mass is 10.1. The van der Waals surface area contributed by atoms with E-state index in [0.717, 1.165) is 5.56 Å². The molecule has 6 atom stereocenters. The van der Waals surface area contributed by atoms with Gasteiger partial charge in [-0.05, 0) is 17.4 Å². The van der Waals surface area contributed by atoms with Gasteiger partial charge in [-0.25, -0.2) is 15.0 Å². The van der Waals surface area contributed by atoms with E-state index in [2.05, 4.69) is 15.0 Å². The van der Waals surface area contributed by atoms with Crippen molar-refractivity contribution in [2.24, 2.45) is 0 Å². The number of fused-ring (bicyclic) bond motifs is 1. The SMILES string of the molecule is Nc1ncnc2c1ncn2[C@@H]1O[C@H](COP2(=S)OCCC(c3ccccc3)O2)[C@H](O)C1O. The summed E-state index contributed by atoms with van der Waals surface area (Å²) in [5.74, 6) is 0.207. The zero-order chi connectivity index (χ0) is 22.3. The highest BCUT2D eigenvalue weighted by Crippen LogP contribution is 2.57. The molecule has 5 rings (SSSR count). The number of anilines is 1. The van der Waals surface area contributed by atoms with Gasteiger partial charge < -0.3 is 34.3 Å². The van der Waals surface area contributed by atoms with E-state index in [1.807, 2.05) is 30.3 Å². The van der Waals surface area contributed by atoms with Crippen molar-refractivity contribution in [3.8, 4) is 0 Å². The van der Waals surface area contributed by atoms with Crippen LogP contribution in [-0.4, -0.2) is 61.3 Å². The number of rotatable bonds is 5. The van der Waals surface area contributed by atoms with Gasteiger partial charge >= 0.3 is 6.72 Å². The monoisotopic (exact) mass is 479 g/mol. The zero-order valence-electron chi connectivity index (χ0n) is 16.8. The van der Waals surface area contributed by atoms with Crippen molar-refractivity contribution in [3.63, 3.8) is 0 Å². The number of aliphatic hydroxyl groups excluding tert-OH is 2. The number of hydrogen-bond donors (Lipinski definition) is 3. The fourth-order valence-electron chi connectivity index (χ4n) is 3.79. The molecule has 0 bridgehead atoms. The lowest BCUT2D eigenvalue weighted by Gasteiger charge is -2.32. The third kappa shape index (κ3) is 4.04. The van der Waals surface area contributed by atoms with Crippen molar-refractivity contribution in [1.82, 2.24) is 19.5 Å². The maximum atomic E-state index is 10.6. The first-order valence-electron chi connectivity index (χ1n) is 10.0. The normalized spacial score (nSPS) is 33.0.